The van der Waals surface area contributed by atoms with E-state index in [-0.39, 0.29) is 12.1 Å². The van der Waals surface area contributed by atoms with E-state index in [4.69, 9.17) is 17.3 Å². The van der Waals surface area contributed by atoms with Crippen LogP contribution in [0.15, 0.2) is 72.8 Å². The number of anilines is 2. The number of sulfonamides is 1. The van der Waals surface area contributed by atoms with Gasteiger partial charge in [-0.15, -0.1) is 0 Å². The first-order chi connectivity index (χ1) is 14.6. The first-order valence-corrected chi connectivity index (χ1v) is 11.4. The minimum absolute atomic E-state index is 0.119. The van der Waals surface area contributed by atoms with Crippen molar-refractivity contribution in [2.24, 2.45) is 5.73 Å². The van der Waals surface area contributed by atoms with Gasteiger partial charge >= 0.3 is 0 Å². The standard InChI is InChI=1S/C22H20ClN3O4S/c1-31(29,30)26(14-15-6-10-17(23)11-7-15)18-12-8-16(9-13-18)22(28)25-20-5-3-2-4-19(20)21(24)27/h2-13H,14H2,1H3,(H2,24,27)(H,25,28). The molecule has 31 heavy (non-hydrogen) atoms. The van der Waals surface area contributed by atoms with Crippen LogP contribution in [0.3, 0.4) is 0 Å². The summed E-state index contributed by atoms with van der Waals surface area (Å²) in [4.78, 5) is 24.1. The van der Waals surface area contributed by atoms with Crippen LogP contribution < -0.4 is 15.4 Å². The normalized spacial score (nSPS) is 11.0. The molecule has 0 aliphatic heterocycles. The Balaban J connectivity index is 1.82. The van der Waals surface area contributed by atoms with Crippen LogP contribution in [-0.2, 0) is 16.6 Å². The molecule has 0 fully saturated rings. The van der Waals surface area contributed by atoms with Crippen molar-refractivity contribution in [2.75, 3.05) is 15.9 Å². The zero-order valence-electron chi connectivity index (χ0n) is 16.6. The van der Waals surface area contributed by atoms with Gasteiger partial charge in [-0.25, -0.2) is 8.42 Å². The summed E-state index contributed by atoms with van der Waals surface area (Å²) in [6.45, 7) is 0.119. The highest BCUT2D eigenvalue weighted by Crippen LogP contribution is 2.23. The molecule has 0 radical (unpaired) electrons. The van der Waals surface area contributed by atoms with E-state index >= 15 is 0 Å². The zero-order valence-corrected chi connectivity index (χ0v) is 18.2. The van der Waals surface area contributed by atoms with Crippen molar-refractivity contribution >= 4 is 44.8 Å². The second-order valence-electron chi connectivity index (χ2n) is 6.81. The van der Waals surface area contributed by atoms with Crippen LogP contribution in [0, 0.1) is 0 Å². The number of hydrogen-bond acceptors (Lipinski definition) is 4. The molecule has 0 aliphatic rings. The van der Waals surface area contributed by atoms with Crippen molar-refractivity contribution in [3.63, 3.8) is 0 Å². The van der Waals surface area contributed by atoms with E-state index in [2.05, 4.69) is 5.32 Å². The molecule has 160 valence electrons. The Labute approximate surface area is 185 Å². The van der Waals surface area contributed by atoms with Crippen molar-refractivity contribution in [1.82, 2.24) is 0 Å². The van der Waals surface area contributed by atoms with Gasteiger partial charge in [-0.1, -0.05) is 35.9 Å². The molecule has 0 heterocycles. The smallest absolute Gasteiger partial charge is 0.255 e. The number of benzene rings is 3. The fourth-order valence-electron chi connectivity index (χ4n) is 2.94. The Hall–Kier alpha value is -3.36. The molecule has 0 spiro atoms. The van der Waals surface area contributed by atoms with Gasteiger partial charge in [0.15, 0.2) is 0 Å². The number of nitrogens with two attached hydrogens (primary N) is 1. The lowest BCUT2D eigenvalue weighted by atomic mass is 10.1. The second-order valence-corrected chi connectivity index (χ2v) is 9.15. The third-order valence-corrected chi connectivity index (χ3v) is 5.89. The Kier molecular flexibility index (Phi) is 6.62. The maximum atomic E-state index is 12.6. The fraction of sp³-hybridized carbons (Fsp3) is 0.0909. The van der Waals surface area contributed by atoms with Crippen molar-refractivity contribution in [1.29, 1.82) is 0 Å². The lowest BCUT2D eigenvalue weighted by molar-refractivity contribution is 0.100. The highest BCUT2D eigenvalue weighted by atomic mass is 35.5. The second kappa shape index (κ2) is 9.20. The highest BCUT2D eigenvalue weighted by Gasteiger charge is 2.19. The van der Waals surface area contributed by atoms with Gasteiger partial charge in [-0.3, -0.25) is 13.9 Å². The van der Waals surface area contributed by atoms with Crippen molar-refractivity contribution in [2.45, 2.75) is 6.54 Å². The molecular weight excluding hydrogens is 438 g/mol. The molecule has 9 heteroatoms. The molecule has 0 bridgehead atoms. The number of nitrogens with one attached hydrogen (secondary N) is 1. The number of amides is 2. The van der Waals surface area contributed by atoms with Crippen LogP contribution in [0.5, 0.6) is 0 Å². The van der Waals surface area contributed by atoms with Crippen LogP contribution in [0.4, 0.5) is 11.4 Å². The molecule has 3 rings (SSSR count). The number of carbonyl (C=O) groups excluding carboxylic acids is 2. The van der Waals surface area contributed by atoms with Crippen LogP contribution >= 0.6 is 11.6 Å². The number of halogens is 1. The summed E-state index contributed by atoms with van der Waals surface area (Å²) in [6.07, 6.45) is 1.12. The summed E-state index contributed by atoms with van der Waals surface area (Å²) >= 11 is 5.89. The van der Waals surface area contributed by atoms with Crippen molar-refractivity contribution in [3.05, 3.63) is 94.5 Å². The van der Waals surface area contributed by atoms with Gasteiger partial charge in [-0.2, -0.15) is 0 Å². The van der Waals surface area contributed by atoms with Gasteiger partial charge in [-0.05, 0) is 54.1 Å². The lowest BCUT2D eigenvalue weighted by Gasteiger charge is -2.23. The third-order valence-electron chi connectivity index (χ3n) is 4.50. The SMILES string of the molecule is CS(=O)(=O)N(Cc1ccc(Cl)cc1)c1ccc(C(=O)Nc2ccccc2C(N)=O)cc1. The van der Waals surface area contributed by atoms with E-state index in [1.165, 1.54) is 22.5 Å². The minimum Gasteiger partial charge on any atom is -0.366 e. The van der Waals surface area contributed by atoms with Crippen LogP contribution in [0.1, 0.15) is 26.3 Å². The van der Waals surface area contributed by atoms with Crippen LogP contribution in [-0.4, -0.2) is 26.5 Å². The Morgan fingerprint density at radius 2 is 1.58 bits per heavy atom. The molecule has 0 saturated carbocycles. The van der Waals surface area contributed by atoms with Gasteiger partial charge in [0.25, 0.3) is 11.8 Å². The van der Waals surface area contributed by atoms with Crippen molar-refractivity contribution < 1.29 is 18.0 Å². The zero-order chi connectivity index (χ0) is 22.6. The van der Waals surface area contributed by atoms with Crippen molar-refractivity contribution in [3.8, 4) is 0 Å². The molecule has 0 aromatic heterocycles. The van der Waals surface area contributed by atoms with Crippen LogP contribution in [0.25, 0.3) is 0 Å². The summed E-state index contributed by atoms with van der Waals surface area (Å²) in [7, 11) is -3.57. The molecule has 2 amide bonds. The number of rotatable bonds is 7. The lowest BCUT2D eigenvalue weighted by Crippen LogP contribution is -2.29. The third kappa shape index (κ3) is 5.62. The molecule has 3 N–H and O–H groups in total. The van der Waals surface area contributed by atoms with E-state index in [0.717, 1.165) is 11.8 Å². The van der Waals surface area contributed by atoms with Crippen LogP contribution in [0.2, 0.25) is 5.02 Å². The average Bonchev–Trinajstić information content (AvgIpc) is 2.73. The first-order valence-electron chi connectivity index (χ1n) is 9.17. The van der Waals surface area contributed by atoms with Gasteiger partial charge in [0, 0.05) is 10.6 Å². The first kappa shape index (κ1) is 22.3. The summed E-state index contributed by atoms with van der Waals surface area (Å²) in [5.74, 6) is -1.11. The van der Waals surface area contributed by atoms with Gasteiger partial charge in [0.05, 0.1) is 29.7 Å². The number of nitrogens with zero attached hydrogens (tertiary/aromatic N) is 1. The monoisotopic (exact) mass is 457 g/mol. The number of primary amides is 1. The minimum atomic E-state index is -3.57. The molecule has 0 aliphatic carbocycles. The molecular formula is C22H20ClN3O4S. The molecule has 0 saturated heterocycles. The summed E-state index contributed by atoms with van der Waals surface area (Å²) in [6, 6.07) is 19.4. The fourth-order valence-corrected chi connectivity index (χ4v) is 3.95. The molecule has 3 aromatic rings. The molecule has 0 unspecified atom stereocenters. The number of carbonyl (C=O) groups is 2. The Morgan fingerprint density at radius 1 is 0.968 bits per heavy atom. The van der Waals surface area contributed by atoms with E-state index in [9.17, 15) is 18.0 Å². The van der Waals surface area contributed by atoms with E-state index in [0.29, 0.717) is 22.0 Å². The Morgan fingerprint density at radius 3 is 2.16 bits per heavy atom. The quantitative estimate of drug-likeness (QED) is 0.564. The van der Waals surface area contributed by atoms with Gasteiger partial charge in [0.1, 0.15) is 0 Å². The molecule has 0 atom stereocenters. The summed E-state index contributed by atoms with van der Waals surface area (Å²) < 4.78 is 25.9. The van der Waals surface area contributed by atoms with Gasteiger partial charge in [0.2, 0.25) is 10.0 Å². The summed E-state index contributed by atoms with van der Waals surface area (Å²) in [5, 5.41) is 3.21. The predicted molar refractivity (Wildman–Crippen MR) is 122 cm³/mol. The predicted octanol–water partition coefficient (Wildman–Crippen LogP) is 3.66. The largest absolute Gasteiger partial charge is 0.366 e. The average molecular weight is 458 g/mol. The maximum Gasteiger partial charge on any atom is 0.255 e. The van der Waals surface area contributed by atoms with Gasteiger partial charge < -0.3 is 11.1 Å². The van der Waals surface area contributed by atoms with E-state index in [1.807, 2.05) is 0 Å². The molecule has 3 aromatic carbocycles. The topological polar surface area (TPSA) is 110 Å². The number of para-hydroxylation sites is 1. The summed E-state index contributed by atoms with van der Waals surface area (Å²) in [5.41, 5.74) is 7.29. The number of hydrogen-bond donors (Lipinski definition) is 2. The maximum absolute atomic E-state index is 12.6. The molecule has 7 nitrogen and oxygen atoms in total. The van der Waals surface area contributed by atoms with E-state index in [1.54, 1.807) is 54.6 Å². The Bertz CT molecular complexity index is 1210. The van der Waals surface area contributed by atoms with E-state index < -0.39 is 21.8 Å². The highest BCUT2D eigenvalue weighted by molar-refractivity contribution is 7.92.